The Labute approximate surface area is 115 Å². The van der Waals surface area contributed by atoms with Crippen molar-refractivity contribution in [2.75, 3.05) is 0 Å². The molecule has 0 atom stereocenters. The zero-order chi connectivity index (χ0) is 12.3. The Morgan fingerprint density at radius 2 is 1.82 bits per heavy atom. The van der Waals surface area contributed by atoms with E-state index in [1.165, 1.54) is 12.1 Å². The Balaban J connectivity index is 2.03. The summed E-state index contributed by atoms with van der Waals surface area (Å²) in [5.74, 6) is 1.45. The maximum absolute atomic E-state index is 12.7. The zero-order valence-corrected chi connectivity index (χ0v) is 11.9. The van der Waals surface area contributed by atoms with Gasteiger partial charge in [0.15, 0.2) is 0 Å². The van der Waals surface area contributed by atoms with Gasteiger partial charge in [0, 0.05) is 12.5 Å². The molecule has 2 nitrogen and oxygen atoms in total. The largest absolute Gasteiger partial charge is 0.430 e. The van der Waals surface area contributed by atoms with Gasteiger partial charge in [-0.25, -0.2) is 4.39 Å². The van der Waals surface area contributed by atoms with Gasteiger partial charge < -0.3 is 9.15 Å². The second kappa shape index (κ2) is 5.69. The fourth-order valence-electron chi connectivity index (χ4n) is 1.29. The summed E-state index contributed by atoms with van der Waals surface area (Å²) in [7, 11) is 0. The molecule has 1 heterocycles. The second-order valence-electron chi connectivity index (χ2n) is 3.37. The van der Waals surface area contributed by atoms with E-state index < -0.39 is 0 Å². The standard InChI is InChI=1S/C12H9Br2FO2/c13-11(14)7-10-5-6-12(17-10)16-9-3-1-8(15)2-4-9/h1-6,11H,7H2. The summed E-state index contributed by atoms with van der Waals surface area (Å²) in [5.41, 5.74) is 0. The van der Waals surface area contributed by atoms with E-state index in [9.17, 15) is 4.39 Å². The van der Waals surface area contributed by atoms with Crippen LogP contribution in [0.5, 0.6) is 11.7 Å². The molecule has 0 amide bonds. The van der Waals surface area contributed by atoms with Crippen LogP contribution >= 0.6 is 31.9 Å². The molecule has 5 heteroatoms. The highest BCUT2D eigenvalue weighted by molar-refractivity contribution is 9.24. The lowest BCUT2D eigenvalue weighted by Gasteiger charge is -2.01. The molecule has 0 aliphatic rings. The molecule has 0 unspecified atom stereocenters. The Morgan fingerprint density at radius 3 is 2.47 bits per heavy atom. The molecule has 0 saturated carbocycles. The minimum absolute atomic E-state index is 0.167. The van der Waals surface area contributed by atoms with Crippen LogP contribution in [0, 0.1) is 5.82 Å². The second-order valence-corrected chi connectivity index (χ2v) is 6.81. The lowest BCUT2D eigenvalue weighted by molar-refractivity contribution is 0.333. The SMILES string of the molecule is Fc1ccc(Oc2ccc(CC(Br)Br)o2)cc1. The van der Waals surface area contributed by atoms with Gasteiger partial charge in [0.1, 0.15) is 17.3 Å². The predicted octanol–water partition coefficient (Wildman–Crippen LogP) is 4.87. The fraction of sp³-hybridized carbons (Fsp3) is 0.167. The van der Waals surface area contributed by atoms with Crippen LogP contribution in [0.4, 0.5) is 4.39 Å². The number of benzene rings is 1. The minimum Gasteiger partial charge on any atom is -0.430 e. The molecule has 0 saturated heterocycles. The van der Waals surface area contributed by atoms with E-state index in [0.717, 1.165) is 5.76 Å². The molecule has 0 radical (unpaired) electrons. The molecule has 1 aromatic heterocycles. The van der Waals surface area contributed by atoms with Gasteiger partial charge in [-0.15, -0.1) is 0 Å². The summed E-state index contributed by atoms with van der Waals surface area (Å²) in [5, 5.41) is 0. The Morgan fingerprint density at radius 1 is 1.12 bits per heavy atom. The number of hydrogen-bond acceptors (Lipinski definition) is 2. The number of ether oxygens (including phenoxy) is 1. The van der Waals surface area contributed by atoms with Crippen LogP contribution in [0.2, 0.25) is 0 Å². The first-order valence-corrected chi connectivity index (χ1v) is 6.77. The van der Waals surface area contributed by atoms with Gasteiger partial charge in [-0.3, -0.25) is 0 Å². The molecule has 17 heavy (non-hydrogen) atoms. The first-order valence-electron chi connectivity index (χ1n) is 4.94. The third kappa shape index (κ3) is 3.85. The zero-order valence-electron chi connectivity index (χ0n) is 8.70. The van der Waals surface area contributed by atoms with Crippen molar-refractivity contribution in [1.82, 2.24) is 0 Å². The average molecular weight is 364 g/mol. The molecule has 0 fully saturated rings. The van der Waals surface area contributed by atoms with Gasteiger partial charge in [0.25, 0.3) is 5.95 Å². The van der Waals surface area contributed by atoms with E-state index in [2.05, 4.69) is 31.9 Å². The molecule has 0 spiro atoms. The molecular formula is C12H9Br2FO2. The van der Waals surface area contributed by atoms with Gasteiger partial charge in [0.05, 0.1) is 3.74 Å². The monoisotopic (exact) mass is 362 g/mol. The Bertz CT molecular complexity index is 480. The van der Waals surface area contributed by atoms with Crippen LogP contribution in [-0.2, 0) is 6.42 Å². The maximum Gasteiger partial charge on any atom is 0.290 e. The van der Waals surface area contributed by atoms with Crippen molar-refractivity contribution in [3.63, 3.8) is 0 Å². The van der Waals surface area contributed by atoms with Crippen LogP contribution < -0.4 is 4.74 Å². The maximum atomic E-state index is 12.7. The highest BCUT2D eigenvalue weighted by Crippen LogP contribution is 2.26. The van der Waals surface area contributed by atoms with Crippen LogP contribution in [0.3, 0.4) is 0 Å². The summed E-state index contributed by atoms with van der Waals surface area (Å²) in [6, 6.07) is 9.36. The third-order valence-electron chi connectivity index (χ3n) is 2.02. The van der Waals surface area contributed by atoms with Crippen LogP contribution in [-0.4, -0.2) is 3.74 Å². The molecule has 90 valence electrons. The van der Waals surface area contributed by atoms with Crippen LogP contribution in [0.1, 0.15) is 5.76 Å². The van der Waals surface area contributed by atoms with Crippen molar-refractivity contribution in [1.29, 1.82) is 0 Å². The van der Waals surface area contributed by atoms with Gasteiger partial charge in [-0.1, -0.05) is 31.9 Å². The van der Waals surface area contributed by atoms with E-state index in [1.54, 1.807) is 18.2 Å². The molecule has 1 aromatic carbocycles. The fourth-order valence-corrected chi connectivity index (χ4v) is 1.93. The van der Waals surface area contributed by atoms with E-state index in [4.69, 9.17) is 9.15 Å². The number of furan rings is 1. The van der Waals surface area contributed by atoms with Gasteiger partial charge in [-0.05, 0) is 30.3 Å². The molecule has 2 aromatic rings. The van der Waals surface area contributed by atoms with Crippen molar-refractivity contribution in [3.8, 4) is 11.7 Å². The molecule has 0 aliphatic heterocycles. The Hall–Kier alpha value is -0.810. The number of hydrogen-bond donors (Lipinski definition) is 0. The van der Waals surface area contributed by atoms with E-state index in [-0.39, 0.29) is 9.55 Å². The normalized spacial score (nSPS) is 10.8. The predicted molar refractivity (Wildman–Crippen MR) is 70.5 cm³/mol. The van der Waals surface area contributed by atoms with Gasteiger partial charge in [0.2, 0.25) is 0 Å². The smallest absolute Gasteiger partial charge is 0.290 e. The first kappa shape index (κ1) is 12.6. The summed E-state index contributed by atoms with van der Waals surface area (Å²) in [6.45, 7) is 0. The number of alkyl halides is 2. The van der Waals surface area contributed by atoms with Crippen LogP contribution in [0.25, 0.3) is 0 Å². The summed E-state index contributed by atoms with van der Waals surface area (Å²) in [4.78, 5) is 0. The summed E-state index contributed by atoms with van der Waals surface area (Å²) in [6.07, 6.45) is 0.715. The van der Waals surface area contributed by atoms with Gasteiger partial charge >= 0.3 is 0 Å². The lowest BCUT2D eigenvalue weighted by Crippen LogP contribution is -1.89. The van der Waals surface area contributed by atoms with Crippen molar-refractivity contribution < 1.29 is 13.5 Å². The van der Waals surface area contributed by atoms with E-state index >= 15 is 0 Å². The quantitative estimate of drug-likeness (QED) is 0.723. The van der Waals surface area contributed by atoms with Crippen molar-refractivity contribution in [2.24, 2.45) is 0 Å². The average Bonchev–Trinajstić information content (AvgIpc) is 2.68. The highest BCUT2D eigenvalue weighted by Gasteiger charge is 2.07. The first-order chi connectivity index (χ1) is 8.13. The van der Waals surface area contributed by atoms with Crippen molar-refractivity contribution in [3.05, 3.63) is 48.0 Å². The minimum atomic E-state index is -0.293. The topological polar surface area (TPSA) is 22.4 Å². The number of halogens is 3. The van der Waals surface area contributed by atoms with E-state index in [0.29, 0.717) is 18.1 Å². The molecule has 0 bridgehead atoms. The molecule has 0 N–H and O–H groups in total. The summed E-state index contributed by atoms with van der Waals surface area (Å²) >= 11 is 6.74. The van der Waals surface area contributed by atoms with Crippen molar-refractivity contribution in [2.45, 2.75) is 10.2 Å². The van der Waals surface area contributed by atoms with Gasteiger partial charge in [-0.2, -0.15) is 0 Å². The lowest BCUT2D eigenvalue weighted by atomic mass is 10.3. The number of rotatable bonds is 4. The highest BCUT2D eigenvalue weighted by atomic mass is 79.9. The molecule has 0 aliphatic carbocycles. The molecular weight excluding hydrogens is 355 g/mol. The van der Waals surface area contributed by atoms with Crippen molar-refractivity contribution >= 4 is 31.9 Å². The third-order valence-corrected chi connectivity index (χ3v) is 2.67. The Kier molecular flexibility index (Phi) is 4.23. The summed E-state index contributed by atoms with van der Waals surface area (Å²) < 4.78 is 23.7. The van der Waals surface area contributed by atoms with Crippen LogP contribution in [0.15, 0.2) is 40.8 Å². The van der Waals surface area contributed by atoms with E-state index in [1.807, 2.05) is 6.07 Å². The molecule has 2 rings (SSSR count).